The second-order valence-corrected chi connectivity index (χ2v) is 7.89. The van der Waals surface area contributed by atoms with Gasteiger partial charge in [-0.25, -0.2) is 13.2 Å². The van der Waals surface area contributed by atoms with E-state index in [1.54, 1.807) is 43.3 Å². The number of para-hydroxylation sites is 1. The van der Waals surface area contributed by atoms with Crippen molar-refractivity contribution in [3.05, 3.63) is 88.9 Å². The van der Waals surface area contributed by atoms with Crippen molar-refractivity contribution in [3.8, 4) is 11.5 Å². The van der Waals surface area contributed by atoms with Gasteiger partial charge in [0.2, 0.25) is 5.91 Å². The van der Waals surface area contributed by atoms with E-state index in [1.165, 1.54) is 19.2 Å². The maximum atomic E-state index is 14.4. The van der Waals surface area contributed by atoms with E-state index in [0.29, 0.717) is 34.2 Å². The van der Waals surface area contributed by atoms with Crippen LogP contribution >= 0.6 is 0 Å². The molecular weight excluding hydrogens is 459 g/mol. The molecule has 0 saturated carbocycles. The van der Waals surface area contributed by atoms with Crippen LogP contribution in [0.15, 0.2) is 54.7 Å². The molecule has 0 aliphatic carbocycles. The molecule has 2 N–H and O–H groups in total. The average molecular weight is 479 g/mol. The molecule has 3 aromatic carbocycles. The molecule has 0 radical (unpaired) electrons. The Balaban J connectivity index is 1.65. The van der Waals surface area contributed by atoms with Crippen LogP contribution in [0.5, 0.6) is 11.5 Å². The van der Waals surface area contributed by atoms with E-state index >= 15 is 0 Å². The number of amides is 2. The Hall–Kier alpha value is -4.40. The third-order valence-corrected chi connectivity index (χ3v) is 5.33. The van der Waals surface area contributed by atoms with Gasteiger partial charge in [-0.15, -0.1) is 0 Å². The SMILES string of the molecule is CC(=O)Nc1cccc2c(Oc3cc(NC(=O)c4cc(F)c(F)c(C)c4F)ccc3C)ccnc12. The zero-order valence-electron chi connectivity index (χ0n) is 19.0. The van der Waals surface area contributed by atoms with Crippen LogP contribution in [-0.2, 0) is 4.79 Å². The monoisotopic (exact) mass is 479 g/mol. The van der Waals surface area contributed by atoms with Gasteiger partial charge in [0.1, 0.15) is 17.3 Å². The minimum atomic E-state index is -1.34. The quantitative estimate of drug-likeness (QED) is 0.331. The lowest BCUT2D eigenvalue weighted by atomic mass is 10.1. The summed E-state index contributed by atoms with van der Waals surface area (Å²) in [5.41, 5.74) is 0.866. The smallest absolute Gasteiger partial charge is 0.258 e. The number of rotatable bonds is 5. The number of nitrogens with zero attached hydrogens (tertiary/aromatic N) is 1. The Labute approximate surface area is 198 Å². The third-order valence-electron chi connectivity index (χ3n) is 5.33. The van der Waals surface area contributed by atoms with Gasteiger partial charge in [-0.3, -0.25) is 14.6 Å². The standard InChI is InChI=1S/C26H20F3N3O3/c1-13-7-8-16(32-26(34)18-12-19(27)24(29)14(2)23(18)28)11-22(13)35-21-9-10-30-25-17(21)5-4-6-20(25)31-15(3)33/h4-12H,1-3H3,(H,31,33)(H,32,34). The first-order valence-electron chi connectivity index (χ1n) is 10.5. The lowest BCUT2D eigenvalue weighted by Gasteiger charge is -2.14. The van der Waals surface area contributed by atoms with Crippen molar-refractivity contribution >= 4 is 34.1 Å². The lowest BCUT2D eigenvalue weighted by Crippen LogP contribution is -2.16. The van der Waals surface area contributed by atoms with Gasteiger partial charge in [-0.2, -0.15) is 0 Å². The third kappa shape index (κ3) is 4.79. The molecule has 1 heterocycles. The molecule has 35 heavy (non-hydrogen) atoms. The van der Waals surface area contributed by atoms with Gasteiger partial charge in [-0.05, 0) is 49.7 Å². The highest BCUT2D eigenvalue weighted by Crippen LogP contribution is 2.34. The Morgan fingerprint density at radius 2 is 1.69 bits per heavy atom. The van der Waals surface area contributed by atoms with Gasteiger partial charge >= 0.3 is 0 Å². The number of pyridine rings is 1. The molecule has 1 aromatic heterocycles. The Morgan fingerprint density at radius 1 is 0.914 bits per heavy atom. The molecule has 4 rings (SSSR count). The van der Waals surface area contributed by atoms with E-state index in [9.17, 15) is 22.8 Å². The summed E-state index contributed by atoms with van der Waals surface area (Å²) in [6.07, 6.45) is 1.54. The average Bonchev–Trinajstić information content (AvgIpc) is 2.82. The first-order chi connectivity index (χ1) is 16.7. The number of ether oxygens (including phenoxy) is 1. The van der Waals surface area contributed by atoms with Crippen molar-refractivity contribution in [1.29, 1.82) is 0 Å². The first-order valence-corrected chi connectivity index (χ1v) is 10.5. The van der Waals surface area contributed by atoms with Gasteiger partial charge in [-0.1, -0.05) is 12.1 Å². The van der Waals surface area contributed by atoms with Gasteiger partial charge in [0.25, 0.3) is 5.91 Å². The van der Waals surface area contributed by atoms with E-state index in [-0.39, 0.29) is 11.6 Å². The van der Waals surface area contributed by atoms with Gasteiger partial charge in [0.15, 0.2) is 11.6 Å². The molecule has 0 bridgehead atoms. The minimum Gasteiger partial charge on any atom is -0.456 e. The van der Waals surface area contributed by atoms with Crippen LogP contribution in [0, 0.1) is 31.3 Å². The number of aromatic nitrogens is 1. The molecule has 0 saturated heterocycles. The van der Waals surface area contributed by atoms with Crippen molar-refractivity contribution in [2.75, 3.05) is 10.6 Å². The summed E-state index contributed by atoms with van der Waals surface area (Å²) >= 11 is 0. The van der Waals surface area contributed by atoms with Gasteiger partial charge in [0, 0.05) is 35.8 Å². The number of hydrogen-bond donors (Lipinski definition) is 2. The molecule has 0 aliphatic heterocycles. The van der Waals surface area contributed by atoms with Crippen molar-refractivity contribution in [3.63, 3.8) is 0 Å². The number of anilines is 2. The van der Waals surface area contributed by atoms with Gasteiger partial charge < -0.3 is 15.4 Å². The minimum absolute atomic E-state index is 0.238. The molecule has 6 nitrogen and oxygen atoms in total. The van der Waals surface area contributed by atoms with E-state index in [2.05, 4.69) is 15.6 Å². The fourth-order valence-electron chi connectivity index (χ4n) is 3.53. The number of fused-ring (bicyclic) bond motifs is 1. The van der Waals surface area contributed by atoms with Crippen molar-refractivity contribution < 1.29 is 27.5 Å². The molecule has 4 aromatic rings. The van der Waals surface area contributed by atoms with Crippen LogP contribution in [0.25, 0.3) is 10.9 Å². The molecular formula is C26H20F3N3O3. The number of halogens is 3. The van der Waals surface area contributed by atoms with Crippen LogP contribution in [0.2, 0.25) is 0 Å². The van der Waals surface area contributed by atoms with E-state index in [0.717, 1.165) is 12.5 Å². The van der Waals surface area contributed by atoms with Gasteiger partial charge in [0.05, 0.1) is 16.8 Å². The summed E-state index contributed by atoms with van der Waals surface area (Å²) in [5.74, 6) is -4.12. The first kappa shape index (κ1) is 23.7. The maximum absolute atomic E-state index is 14.4. The number of aryl methyl sites for hydroxylation is 1. The molecule has 0 aliphatic rings. The van der Waals surface area contributed by atoms with Crippen molar-refractivity contribution in [1.82, 2.24) is 4.98 Å². The maximum Gasteiger partial charge on any atom is 0.258 e. The van der Waals surface area contributed by atoms with Crippen molar-refractivity contribution in [2.45, 2.75) is 20.8 Å². The predicted octanol–water partition coefficient (Wildman–Crippen LogP) is 6.27. The molecule has 0 spiro atoms. The highest BCUT2D eigenvalue weighted by atomic mass is 19.2. The van der Waals surface area contributed by atoms with Crippen LogP contribution in [-0.4, -0.2) is 16.8 Å². The fourth-order valence-corrected chi connectivity index (χ4v) is 3.53. The number of carbonyl (C=O) groups excluding carboxylic acids is 2. The molecule has 9 heteroatoms. The second-order valence-electron chi connectivity index (χ2n) is 7.89. The van der Waals surface area contributed by atoms with E-state index in [4.69, 9.17) is 4.74 Å². The number of nitrogens with one attached hydrogen (secondary N) is 2. The topological polar surface area (TPSA) is 80.3 Å². The van der Waals surface area contributed by atoms with E-state index in [1.807, 2.05) is 0 Å². The van der Waals surface area contributed by atoms with Crippen LogP contribution in [0.3, 0.4) is 0 Å². The molecule has 0 unspecified atom stereocenters. The molecule has 0 fully saturated rings. The predicted molar refractivity (Wildman–Crippen MR) is 126 cm³/mol. The Morgan fingerprint density at radius 3 is 2.43 bits per heavy atom. The Bertz CT molecular complexity index is 1490. The molecule has 2 amide bonds. The second kappa shape index (κ2) is 9.46. The summed E-state index contributed by atoms with van der Waals surface area (Å²) in [4.78, 5) is 28.4. The Kier molecular flexibility index (Phi) is 6.42. The number of hydrogen-bond acceptors (Lipinski definition) is 4. The van der Waals surface area contributed by atoms with Crippen molar-refractivity contribution in [2.24, 2.45) is 0 Å². The number of carbonyl (C=O) groups is 2. The highest BCUT2D eigenvalue weighted by Gasteiger charge is 2.21. The fraction of sp³-hybridized carbons (Fsp3) is 0.115. The van der Waals surface area contributed by atoms with Crippen LogP contribution in [0.4, 0.5) is 24.5 Å². The van der Waals surface area contributed by atoms with Crippen LogP contribution < -0.4 is 15.4 Å². The summed E-state index contributed by atoms with van der Waals surface area (Å²) < 4.78 is 47.8. The summed E-state index contributed by atoms with van der Waals surface area (Å²) in [7, 11) is 0. The van der Waals surface area contributed by atoms with E-state index < -0.39 is 34.5 Å². The normalized spacial score (nSPS) is 10.8. The zero-order chi connectivity index (χ0) is 25.3. The molecule has 178 valence electrons. The highest BCUT2D eigenvalue weighted by molar-refractivity contribution is 6.05. The molecule has 0 atom stereocenters. The zero-order valence-corrected chi connectivity index (χ0v) is 19.0. The summed E-state index contributed by atoms with van der Waals surface area (Å²) in [6.45, 7) is 4.25. The largest absolute Gasteiger partial charge is 0.456 e. The summed E-state index contributed by atoms with van der Waals surface area (Å²) in [5, 5.41) is 5.86. The number of benzene rings is 3. The van der Waals surface area contributed by atoms with Crippen LogP contribution in [0.1, 0.15) is 28.4 Å². The lowest BCUT2D eigenvalue weighted by molar-refractivity contribution is -0.114. The summed E-state index contributed by atoms with van der Waals surface area (Å²) in [6, 6.07) is 12.2.